The number of nitrogens with zero attached hydrogens (tertiary/aromatic N) is 2. The van der Waals surface area contributed by atoms with Crippen molar-refractivity contribution in [3.63, 3.8) is 0 Å². The maximum atomic E-state index is 8.81. The Bertz CT molecular complexity index is 571. The molecule has 1 aromatic heterocycles. The number of hydrogen-bond acceptors (Lipinski definition) is 4. The predicted molar refractivity (Wildman–Crippen MR) is 70.3 cm³/mol. The van der Waals surface area contributed by atoms with E-state index in [0.717, 1.165) is 15.6 Å². The van der Waals surface area contributed by atoms with Crippen molar-refractivity contribution >= 4 is 28.6 Å². The van der Waals surface area contributed by atoms with Crippen LogP contribution < -0.4 is 5.32 Å². The number of benzene rings is 1. The first-order valence-electron chi connectivity index (χ1n) is 5.04. The van der Waals surface area contributed by atoms with Gasteiger partial charge in [-0.25, -0.2) is 4.98 Å². The quantitative estimate of drug-likeness (QED) is 0.921. The Hall–Kier alpha value is -1.57. The van der Waals surface area contributed by atoms with E-state index >= 15 is 0 Å². The summed E-state index contributed by atoms with van der Waals surface area (Å²) in [7, 11) is 0. The minimum Gasteiger partial charge on any atom is -0.379 e. The van der Waals surface area contributed by atoms with Crippen LogP contribution in [0, 0.1) is 18.3 Å². The average Bonchev–Trinajstić information content (AvgIpc) is 2.74. The Morgan fingerprint density at radius 3 is 3.00 bits per heavy atom. The Balaban J connectivity index is 2.11. The van der Waals surface area contributed by atoms with Crippen molar-refractivity contribution in [2.24, 2.45) is 0 Å². The minimum atomic E-state index is 0.595. The van der Waals surface area contributed by atoms with E-state index in [0.29, 0.717) is 17.1 Å². The molecule has 0 aliphatic heterocycles. The lowest BCUT2D eigenvalue weighted by Crippen LogP contribution is -1.98. The summed E-state index contributed by atoms with van der Waals surface area (Å²) >= 11 is 7.68. The molecule has 0 atom stereocenters. The molecule has 1 aromatic carbocycles. The lowest BCUT2D eigenvalue weighted by molar-refractivity contribution is 1.17. The van der Waals surface area contributed by atoms with Gasteiger partial charge in [0.1, 0.15) is 0 Å². The molecule has 0 fully saturated rings. The Kier molecular flexibility index (Phi) is 3.62. The number of nitrogens with one attached hydrogen (secondary N) is 1. The number of hydrogen-bond donors (Lipinski definition) is 1. The SMILES string of the molecule is Cc1ncc(CNc2cc(C#N)ccc2Cl)s1. The van der Waals surface area contributed by atoms with Gasteiger partial charge >= 0.3 is 0 Å². The molecule has 1 heterocycles. The van der Waals surface area contributed by atoms with E-state index in [1.165, 1.54) is 0 Å². The van der Waals surface area contributed by atoms with Crippen LogP contribution in [0.2, 0.25) is 5.02 Å². The maximum absolute atomic E-state index is 8.81. The summed E-state index contributed by atoms with van der Waals surface area (Å²) in [5.74, 6) is 0. The van der Waals surface area contributed by atoms with Gasteiger partial charge in [0.05, 0.1) is 33.9 Å². The van der Waals surface area contributed by atoms with Gasteiger partial charge in [-0.05, 0) is 25.1 Å². The van der Waals surface area contributed by atoms with Crippen molar-refractivity contribution in [1.82, 2.24) is 4.98 Å². The first-order chi connectivity index (χ1) is 8.19. The van der Waals surface area contributed by atoms with E-state index < -0.39 is 0 Å². The molecule has 0 saturated carbocycles. The van der Waals surface area contributed by atoms with Crippen LogP contribution in [0.1, 0.15) is 15.4 Å². The minimum absolute atomic E-state index is 0.595. The number of anilines is 1. The van der Waals surface area contributed by atoms with Crippen LogP contribution in [-0.4, -0.2) is 4.98 Å². The number of aromatic nitrogens is 1. The van der Waals surface area contributed by atoms with Crippen LogP contribution in [0.5, 0.6) is 0 Å². The van der Waals surface area contributed by atoms with E-state index in [1.807, 2.05) is 13.1 Å². The molecule has 0 radical (unpaired) electrons. The Morgan fingerprint density at radius 2 is 2.35 bits per heavy atom. The van der Waals surface area contributed by atoms with E-state index in [4.69, 9.17) is 16.9 Å². The van der Waals surface area contributed by atoms with Gasteiger partial charge in [0, 0.05) is 11.1 Å². The average molecular weight is 264 g/mol. The highest BCUT2D eigenvalue weighted by molar-refractivity contribution is 7.11. The monoisotopic (exact) mass is 263 g/mol. The van der Waals surface area contributed by atoms with Crippen molar-refractivity contribution in [3.8, 4) is 6.07 Å². The van der Waals surface area contributed by atoms with Crippen LogP contribution >= 0.6 is 22.9 Å². The molecule has 0 saturated heterocycles. The third-order valence-corrected chi connectivity index (χ3v) is 3.46. The van der Waals surface area contributed by atoms with E-state index in [9.17, 15) is 0 Å². The van der Waals surface area contributed by atoms with Gasteiger partial charge in [0.25, 0.3) is 0 Å². The zero-order chi connectivity index (χ0) is 12.3. The summed E-state index contributed by atoms with van der Waals surface area (Å²) in [6.07, 6.45) is 1.84. The number of nitriles is 1. The molecule has 86 valence electrons. The van der Waals surface area contributed by atoms with Crippen molar-refractivity contribution < 1.29 is 0 Å². The third kappa shape index (κ3) is 2.96. The van der Waals surface area contributed by atoms with Gasteiger partial charge in [0.15, 0.2) is 0 Å². The van der Waals surface area contributed by atoms with Crippen LogP contribution in [-0.2, 0) is 6.54 Å². The Morgan fingerprint density at radius 1 is 1.53 bits per heavy atom. The highest BCUT2D eigenvalue weighted by Crippen LogP contribution is 2.24. The topological polar surface area (TPSA) is 48.7 Å². The van der Waals surface area contributed by atoms with Gasteiger partial charge in [-0.3, -0.25) is 0 Å². The van der Waals surface area contributed by atoms with Gasteiger partial charge in [-0.2, -0.15) is 5.26 Å². The fourth-order valence-electron chi connectivity index (χ4n) is 1.40. The summed E-state index contributed by atoms with van der Waals surface area (Å²) in [6.45, 7) is 2.64. The van der Waals surface area contributed by atoms with Gasteiger partial charge in [-0.1, -0.05) is 11.6 Å². The predicted octanol–water partition coefficient (Wildman–Crippen LogP) is 3.59. The molecule has 5 heteroatoms. The molecule has 0 unspecified atom stereocenters. The smallest absolute Gasteiger partial charge is 0.0992 e. The molecule has 0 bridgehead atoms. The summed E-state index contributed by atoms with van der Waals surface area (Å²) < 4.78 is 0. The molecule has 2 rings (SSSR count). The highest BCUT2D eigenvalue weighted by Gasteiger charge is 2.03. The fraction of sp³-hybridized carbons (Fsp3) is 0.167. The van der Waals surface area contributed by atoms with E-state index in [-0.39, 0.29) is 0 Å². The van der Waals surface area contributed by atoms with Gasteiger partial charge < -0.3 is 5.32 Å². The van der Waals surface area contributed by atoms with Crippen LogP contribution in [0.4, 0.5) is 5.69 Å². The van der Waals surface area contributed by atoms with Crippen molar-refractivity contribution in [2.75, 3.05) is 5.32 Å². The third-order valence-electron chi connectivity index (χ3n) is 2.22. The fourth-order valence-corrected chi connectivity index (χ4v) is 2.32. The summed E-state index contributed by atoms with van der Waals surface area (Å²) in [6, 6.07) is 7.26. The molecule has 0 spiro atoms. The number of halogens is 1. The van der Waals surface area contributed by atoms with Gasteiger partial charge in [-0.15, -0.1) is 11.3 Å². The van der Waals surface area contributed by atoms with Crippen LogP contribution in [0.15, 0.2) is 24.4 Å². The van der Waals surface area contributed by atoms with E-state index in [2.05, 4.69) is 16.4 Å². The molecular weight excluding hydrogens is 254 g/mol. The number of rotatable bonds is 3. The molecule has 2 aromatic rings. The second kappa shape index (κ2) is 5.17. The largest absolute Gasteiger partial charge is 0.379 e. The molecule has 1 N–H and O–H groups in total. The molecule has 3 nitrogen and oxygen atoms in total. The first-order valence-corrected chi connectivity index (χ1v) is 6.23. The second-order valence-electron chi connectivity index (χ2n) is 3.51. The number of thiazole rings is 1. The first kappa shape index (κ1) is 11.9. The molecule has 17 heavy (non-hydrogen) atoms. The van der Waals surface area contributed by atoms with Crippen molar-refractivity contribution in [1.29, 1.82) is 5.26 Å². The normalized spacial score (nSPS) is 9.94. The zero-order valence-electron chi connectivity index (χ0n) is 9.20. The van der Waals surface area contributed by atoms with Gasteiger partial charge in [0.2, 0.25) is 0 Å². The molecular formula is C12H10ClN3S. The van der Waals surface area contributed by atoms with Crippen LogP contribution in [0.25, 0.3) is 0 Å². The summed E-state index contributed by atoms with van der Waals surface area (Å²) in [5.41, 5.74) is 1.37. The number of aryl methyl sites for hydroxylation is 1. The zero-order valence-corrected chi connectivity index (χ0v) is 10.8. The summed E-state index contributed by atoms with van der Waals surface area (Å²) in [4.78, 5) is 5.32. The highest BCUT2D eigenvalue weighted by atomic mass is 35.5. The summed E-state index contributed by atoms with van der Waals surface area (Å²) in [5, 5.41) is 13.7. The standard InChI is InChI=1S/C12H10ClN3S/c1-8-15-6-10(17-8)7-16-12-4-9(5-14)2-3-11(12)13/h2-4,6,16H,7H2,1H3. The lowest BCUT2D eigenvalue weighted by Gasteiger charge is -2.06. The second-order valence-corrected chi connectivity index (χ2v) is 5.23. The van der Waals surface area contributed by atoms with Crippen molar-refractivity contribution in [3.05, 3.63) is 44.9 Å². The molecule has 0 aliphatic rings. The van der Waals surface area contributed by atoms with Crippen molar-refractivity contribution in [2.45, 2.75) is 13.5 Å². The molecule has 0 aliphatic carbocycles. The van der Waals surface area contributed by atoms with Crippen LogP contribution in [0.3, 0.4) is 0 Å². The van der Waals surface area contributed by atoms with E-state index in [1.54, 1.807) is 29.5 Å². The lowest BCUT2D eigenvalue weighted by atomic mass is 10.2. The molecule has 0 amide bonds. The maximum Gasteiger partial charge on any atom is 0.0992 e. The Labute approximate surface area is 109 Å².